The van der Waals surface area contributed by atoms with Crippen molar-refractivity contribution in [3.8, 4) is 17.2 Å². The molecule has 2 unspecified atom stereocenters. The van der Waals surface area contributed by atoms with E-state index in [-0.39, 0.29) is 18.2 Å². The number of rotatable bonds is 3. The Hall–Kier alpha value is -2.57. The van der Waals surface area contributed by atoms with E-state index in [0.29, 0.717) is 40.6 Å². The summed E-state index contributed by atoms with van der Waals surface area (Å²) in [4.78, 5) is 13.7. The highest BCUT2D eigenvalue weighted by atomic mass is 16.8. The predicted molar refractivity (Wildman–Crippen MR) is 123 cm³/mol. The second-order valence-electron chi connectivity index (χ2n) is 11.2. The zero-order valence-corrected chi connectivity index (χ0v) is 19.7. The third-order valence-corrected chi connectivity index (χ3v) is 8.65. The molecule has 4 aliphatic carbocycles. The largest absolute Gasteiger partial charge is 0.497 e. The Kier molecular flexibility index (Phi) is 4.27. The minimum Gasteiger partial charge on any atom is -0.497 e. The van der Waals surface area contributed by atoms with Crippen LogP contribution < -0.4 is 9.47 Å². The lowest BCUT2D eigenvalue weighted by Crippen LogP contribution is -2.55. The van der Waals surface area contributed by atoms with E-state index in [1.807, 2.05) is 42.5 Å². The van der Waals surface area contributed by atoms with Crippen molar-refractivity contribution in [1.82, 2.24) is 0 Å². The Morgan fingerprint density at radius 3 is 2.32 bits per heavy atom. The van der Waals surface area contributed by atoms with Crippen molar-refractivity contribution in [3.63, 3.8) is 0 Å². The molecule has 6 nitrogen and oxygen atoms in total. The first-order valence-electron chi connectivity index (χ1n) is 12.4. The van der Waals surface area contributed by atoms with Gasteiger partial charge in [0.2, 0.25) is 5.79 Å². The molecule has 0 N–H and O–H groups in total. The molecule has 2 heterocycles. The zero-order valence-electron chi connectivity index (χ0n) is 19.7. The Morgan fingerprint density at radius 2 is 1.62 bits per heavy atom. The minimum absolute atomic E-state index is 0.100. The van der Waals surface area contributed by atoms with Gasteiger partial charge in [0.25, 0.3) is 0 Å². The van der Waals surface area contributed by atoms with Gasteiger partial charge in [-0.25, -0.2) is 4.79 Å². The second kappa shape index (κ2) is 6.98. The predicted octanol–water partition coefficient (Wildman–Crippen LogP) is 5.32. The molecule has 0 aromatic heterocycles. The van der Waals surface area contributed by atoms with Crippen LogP contribution in [0.4, 0.5) is 0 Å². The Labute approximate surface area is 199 Å². The standard InChI is InChI=1S/C28H30O6/c1-26(25(29)33-27-13-17-9-18(14-27)11-19(10-17)15-27)16-31-28(34-26)21-5-3-4-6-23(21)32-24-8-7-20(30-2)12-22(24)28/h3-8,12,17-19H,9-11,13-16H2,1-2H3. The third kappa shape index (κ3) is 2.91. The quantitative estimate of drug-likeness (QED) is 0.576. The summed E-state index contributed by atoms with van der Waals surface area (Å²) in [7, 11) is 1.62. The number of benzene rings is 2. The normalized spacial score (nSPS) is 38.8. The van der Waals surface area contributed by atoms with Gasteiger partial charge in [0.1, 0.15) is 22.8 Å². The molecule has 2 aromatic rings. The van der Waals surface area contributed by atoms with E-state index in [2.05, 4.69) is 0 Å². The molecule has 4 bridgehead atoms. The number of esters is 1. The molecule has 2 aromatic carbocycles. The fourth-order valence-corrected chi connectivity index (χ4v) is 7.52. The molecular weight excluding hydrogens is 432 g/mol. The van der Waals surface area contributed by atoms with Crippen LogP contribution in [-0.2, 0) is 24.8 Å². The third-order valence-electron chi connectivity index (χ3n) is 8.65. The topological polar surface area (TPSA) is 63.2 Å². The van der Waals surface area contributed by atoms with Crippen LogP contribution in [0, 0.1) is 17.8 Å². The van der Waals surface area contributed by atoms with Crippen LogP contribution in [0.1, 0.15) is 56.6 Å². The highest BCUT2D eigenvalue weighted by Gasteiger charge is 2.61. The molecule has 1 spiro atoms. The smallest absolute Gasteiger partial charge is 0.341 e. The Balaban J connectivity index is 1.24. The fourth-order valence-electron chi connectivity index (χ4n) is 7.52. The lowest BCUT2D eigenvalue weighted by atomic mass is 9.54. The van der Waals surface area contributed by atoms with Crippen LogP contribution >= 0.6 is 0 Å². The number of para-hydroxylation sites is 1. The van der Waals surface area contributed by atoms with E-state index in [1.165, 1.54) is 19.3 Å². The molecule has 178 valence electrons. The molecule has 8 rings (SSSR count). The molecule has 6 aliphatic rings. The van der Waals surface area contributed by atoms with Gasteiger partial charge in [0, 0.05) is 0 Å². The fraction of sp³-hybridized carbons (Fsp3) is 0.536. The molecular formula is C28H30O6. The van der Waals surface area contributed by atoms with Crippen molar-refractivity contribution in [2.45, 2.75) is 62.4 Å². The first-order valence-corrected chi connectivity index (χ1v) is 12.4. The maximum atomic E-state index is 13.7. The molecule has 5 fully saturated rings. The van der Waals surface area contributed by atoms with Crippen molar-refractivity contribution in [1.29, 1.82) is 0 Å². The summed E-state index contributed by atoms with van der Waals surface area (Å²) in [5.41, 5.74) is -0.129. The van der Waals surface area contributed by atoms with Crippen LogP contribution in [0.5, 0.6) is 17.2 Å². The number of ether oxygens (including phenoxy) is 5. The van der Waals surface area contributed by atoms with Crippen molar-refractivity contribution in [2.75, 3.05) is 13.7 Å². The molecule has 34 heavy (non-hydrogen) atoms. The molecule has 4 saturated carbocycles. The van der Waals surface area contributed by atoms with Crippen LogP contribution in [0.3, 0.4) is 0 Å². The minimum atomic E-state index is -1.27. The van der Waals surface area contributed by atoms with Crippen LogP contribution in [0.25, 0.3) is 0 Å². The lowest BCUT2D eigenvalue weighted by Gasteiger charge is -2.56. The van der Waals surface area contributed by atoms with Crippen LogP contribution in [0.15, 0.2) is 42.5 Å². The van der Waals surface area contributed by atoms with E-state index in [0.717, 1.165) is 24.8 Å². The van der Waals surface area contributed by atoms with E-state index in [1.54, 1.807) is 14.0 Å². The van der Waals surface area contributed by atoms with E-state index >= 15 is 0 Å². The number of carbonyl (C=O) groups excluding carboxylic acids is 1. The van der Waals surface area contributed by atoms with Gasteiger partial charge in [-0.2, -0.15) is 0 Å². The number of methoxy groups -OCH3 is 1. The maximum Gasteiger partial charge on any atom is 0.341 e. The highest BCUT2D eigenvalue weighted by molar-refractivity contribution is 5.80. The molecule has 0 radical (unpaired) electrons. The van der Waals surface area contributed by atoms with Crippen LogP contribution in [0.2, 0.25) is 0 Å². The summed E-state index contributed by atoms with van der Waals surface area (Å²) >= 11 is 0. The molecule has 2 aliphatic heterocycles. The van der Waals surface area contributed by atoms with Crippen molar-refractivity contribution < 1.29 is 28.5 Å². The summed E-state index contributed by atoms with van der Waals surface area (Å²) in [5, 5.41) is 0. The number of carbonyl (C=O) groups is 1. The number of fused-ring (bicyclic) bond motifs is 4. The zero-order chi connectivity index (χ0) is 23.1. The second-order valence-corrected chi connectivity index (χ2v) is 11.2. The Bertz CT molecular complexity index is 1140. The molecule has 1 saturated heterocycles. The van der Waals surface area contributed by atoms with Gasteiger partial charge >= 0.3 is 5.97 Å². The maximum absolute atomic E-state index is 13.7. The van der Waals surface area contributed by atoms with E-state index in [4.69, 9.17) is 23.7 Å². The summed E-state index contributed by atoms with van der Waals surface area (Å²) in [6, 6.07) is 13.2. The van der Waals surface area contributed by atoms with E-state index < -0.39 is 11.4 Å². The SMILES string of the molecule is COc1ccc2c(c1)C1(OCC(C)(C(=O)OC34CC5CC(CC(C5)C3)C4)O1)c1ccccc1O2. The van der Waals surface area contributed by atoms with Crippen molar-refractivity contribution in [2.24, 2.45) is 17.8 Å². The number of hydrogen-bond acceptors (Lipinski definition) is 6. The van der Waals surface area contributed by atoms with Crippen LogP contribution in [-0.4, -0.2) is 30.9 Å². The van der Waals surface area contributed by atoms with E-state index in [9.17, 15) is 4.79 Å². The monoisotopic (exact) mass is 462 g/mol. The summed E-state index contributed by atoms with van der Waals surface area (Å²) in [5.74, 6) is 2.44. The number of hydrogen-bond donors (Lipinski definition) is 0. The average Bonchev–Trinajstić information content (AvgIpc) is 3.17. The van der Waals surface area contributed by atoms with Gasteiger partial charge < -0.3 is 23.7 Å². The molecule has 2 atom stereocenters. The Morgan fingerprint density at radius 1 is 0.941 bits per heavy atom. The summed E-state index contributed by atoms with van der Waals surface area (Å²) in [6.07, 6.45) is 6.86. The van der Waals surface area contributed by atoms with Gasteiger partial charge in [0.15, 0.2) is 5.60 Å². The molecule has 0 amide bonds. The van der Waals surface area contributed by atoms with Crippen molar-refractivity contribution >= 4 is 5.97 Å². The highest BCUT2D eigenvalue weighted by Crippen LogP contribution is 2.59. The first-order chi connectivity index (χ1) is 16.4. The summed E-state index contributed by atoms with van der Waals surface area (Å²) < 4.78 is 31.1. The average molecular weight is 463 g/mol. The van der Waals surface area contributed by atoms with Gasteiger partial charge in [-0.1, -0.05) is 12.1 Å². The lowest BCUT2D eigenvalue weighted by molar-refractivity contribution is -0.216. The summed E-state index contributed by atoms with van der Waals surface area (Å²) in [6.45, 7) is 1.89. The van der Waals surface area contributed by atoms with Gasteiger partial charge in [-0.3, -0.25) is 0 Å². The van der Waals surface area contributed by atoms with Gasteiger partial charge in [-0.05, 0) is 93.5 Å². The van der Waals surface area contributed by atoms with Gasteiger partial charge in [0.05, 0.1) is 24.8 Å². The van der Waals surface area contributed by atoms with Gasteiger partial charge in [-0.15, -0.1) is 0 Å². The van der Waals surface area contributed by atoms with Crippen molar-refractivity contribution in [3.05, 3.63) is 53.6 Å². The first kappa shape index (κ1) is 20.8. The molecule has 6 heteroatoms.